The maximum atomic E-state index is 8.42. The molecular weight excluding hydrogens is 162 g/mol. The average Bonchev–Trinajstić information content (AvgIpc) is 1.95. The molecule has 1 aromatic rings. The van der Waals surface area contributed by atoms with Gasteiger partial charge in [-0.15, -0.1) is 0 Å². The van der Waals surface area contributed by atoms with Crippen LogP contribution in [-0.4, -0.2) is 0 Å². The van der Waals surface area contributed by atoms with E-state index in [0.29, 0.717) is 15.4 Å². The standard InChI is InChI=1S/C7H5NS2/c8-4-5-1-2-6(9)7(10)3-5/h1-3,9-10H/p-2. The molecule has 0 heterocycles. The van der Waals surface area contributed by atoms with E-state index >= 15 is 0 Å². The van der Waals surface area contributed by atoms with Gasteiger partial charge in [-0.25, -0.2) is 0 Å². The lowest BCUT2D eigenvalue weighted by atomic mass is 10.2. The molecule has 0 aliphatic carbocycles. The summed E-state index contributed by atoms with van der Waals surface area (Å²) in [6, 6.07) is 6.93. The molecule has 0 unspecified atom stereocenters. The van der Waals surface area contributed by atoms with Gasteiger partial charge in [-0.3, -0.25) is 0 Å². The van der Waals surface area contributed by atoms with E-state index in [0.717, 1.165) is 0 Å². The second-order valence-corrected chi connectivity index (χ2v) is 2.65. The van der Waals surface area contributed by atoms with Crippen molar-refractivity contribution in [3.63, 3.8) is 0 Å². The molecule has 0 spiro atoms. The Kier molecular flexibility index (Phi) is 2.05. The van der Waals surface area contributed by atoms with E-state index in [-0.39, 0.29) is 0 Å². The highest BCUT2D eigenvalue weighted by molar-refractivity contribution is 7.62. The predicted molar refractivity (Wildman–Crippen MR) is 42.4 cm³/mol. The van der Waals surface area contributed by atoms with E-state index in [9.17, 15) is 0 Å². The van der Waals surface area contributed by atoms with Gasteiger partial charge in [-0.2, -0.15) is 15.1 Å². The van der Waals surface area contributed by atoms with Gasteiger partial charge in [0.2, 0.25) is 0 Å². The molecule has 1 rings (SSSR count). The summed E-state index contributed by atoms with van der Waals surface area (Å²) in [5.74, 6) is 0. The summed E-state index contributed by atoms with van der Waals surface area (Å²) in [4.78, 5) is 1.21. The molecule has 0 saturated carbocycles. The fourth-order valence-corrected chi connectivity index (χ4v) is 0.900. The monoisotopic (exact) mass is 165 g/mol. The predicted octanol–water partition coefficient (Wildman–Crippen LogP) is 1.37. The van der Waals surface area contributed by atoms with Gasteiger partial charge in [-0.05, 0) is 6.07 Å². The first-order chi connectivity index (χ1) is 4.74. The molecule has 0 aliphatic heterocycles. The minimum atomic E-state index is 0.568. The van der Waals surface area contributed by atoms with Crippen LogP contribution in [0.5, 0.6) is 0 Å². The Bertz CT molecular complexity index is 288. The van der Waals surface area contributed by atoms with E-state index in [1.807, 2.05) is 6.07 Å². The van der Waals surface area contributed by atoms with Gasteiger partial charge in [0.15, 0.2) is 0 Å². The zero-order valence-electron chi connectivity index (χ0n) is 5.00. The molecule has 0 amide bonds. The Morgan fingerprint density at radius 2 is 1.90 bits per heavy atom. The van der Waals surface area contributed by atoms with Crippen LogP contribution < -0.4 is 0 Å². The number of hydrogen-bond donors (Lipinski definition) is 0. The molecule has 0 bridgehead atoms. The third-order valence-corrected chi connectivity index (χ3v) is 1.90. The van der Waals surface area contributed by atoms with Crippen LogP contribution >= 0.6 is 0 Å². The maximum Gasteiger partial charge on any atom is 0.0991 e. The van der Waals surface area contributed by atoms with Crippen LogP contribution in [0.25, 0.3) is 0 Å². The Labute approximate surface area is 70.5 Å². The molecule has 50 valence electrons. The van der Waals surface area contributed by atoms with E-state index < -0.39 is 0 Å². The van der Waals surface area contributed by atoms with Crippen LogP contribution in [0.15, 0.2) is 28.0 Å². The lowest BCUT2D eigenvalue weighted by Gasteiger charge is -2.17. The minimum Gasteiger partial charge on any atom is -0.781 e. The molecule has 0 saturated heterocycles. The van der Waals surface area contributed by atoms with Crippen LogP contribution in [-0.2, 0) is 25.3 Å². The smallest absolute Gasteiger partial charge is 0.0991 e. The molecule has 3 heteroatoms. The van der Waals surface area contributed by atoms with E-state index in [4.69, 9.17) is 30.5 Å². The zero-order valence-corrected chi connectivity index (χ0v) is 6.63. The normalized spacial score (nSPS) is 8.70. The van der Waals surface area contributed by atoms with Crippen LogP contribution in [0.4, 0.5) is 0 Å². The first-order valence-corrected chi connectivity index (χ1v) is 3.44. The summed E-state index contributed by atoms with van der Waals surface area (Å²) >= 11 is 9.70. The molecule has 0 aromatic heterocycles. The highest BCUT2D eigenvalue weighted by atomic mass is 32.1. The van der Waals surface area contributed by atoms with Crippen LogP contribution in [0.2, 0.25) is 0 Å². The van der Waals surface area contributed by atoms with E-state index in [2.05, 4.69) is 0 Å². The lowest BCUT2D eigenvalue weighted by Crippen LogP contribution is -1.80. The minimum absolute atomic E-state index is 0.568. The topological polar surface area (TPSA) is 23.8 Å². The quantitative estimate of drug-likeness (QED) is 0.542. The van der Waals surface area contributed by atoms with Gasteiger partial charge in [0.05, 0.1) is 11.6 Å². The third-order valence-electron chi connectivity index (χ3n) is 1.07. The Hall–Kier alpha value is -0.850. The molecule has 0 atom stereocenters. The molecule has 0 fully saturated rings. The van der Waals surface area contributed by atoms with Crippen molar-refractivity contribution in [2.75, 3.05) is 0 Å². The number of rotatable bonds is 0. The first-order valence-electron chi connectivity index (χ1n) is 2.62. The van der Waals surface area contributed by atoms with Crippen LogP contribution in [0.3, 0.4) is 0 Å². The summed E-state index contributed by atoms with van der Waals surface area (Å²) in [6.45, 7) is 0. The van der Waals surface area contributed by atoms with Crippen LogP contribution in [0, 0.1) is 11.3 Å². The first kappa shape index (κ1) is 7.26. The second-order valence-electron chi connectivity index (χ2n) is 1.77. The summed E-state index contributed by atoms with van der Waals surface area (Å²) in [6.07, 6.45) is 0. The van der Waals surface area contributed by atoms with Gasteiger partial charge >= 0.3 is 0 Å². The van der Waals surface area contributed by atoms with Crippen molar-refractivity contribution >= 4 is 25.3 Å². The molecule has 1 nitrogen and oxygen atoms in total. The maximum absolute atomic E-state index is 8.42. The Morgan fingerprint density at radius 1 is 1.20 bits per heavy atom. The van der Waals surface area contributed by atoms with Gasteiger partial charge in [-0.1, -0.05) is 12.1 Å². The van der Waals surface area contributed by atoms with Crippen molar-refractivity contribution < 1.29 is 0 Å². The van der Waals surface area contributed by atoms with Crippen molar-refractivity contribution in [2.24, 2.45) is 0 Å². The number of nitrogens with zero attached hydrogens (tertiary/aromatic N) is 1. The summed E-state index contributed by atoms with van der Waals surface area (Å²) < 4.78 is 0. The zero-order chi connectivity index (χ0) is 7.56. The molecule has 0 aliphatic rings. The van der Waals surface area contributed by atoms with Crippen LogP contribution in [0.1, 0.15) is 5.56 Å². The van der Waals surface area contributed by atoms with E-state index in [1.165, 1.54) is 0 Å². The molecule has 1 aromatic carbocycles. The van der Waals surface area contributed by atoms with Gasteiger partial charge in [0, 0.05) is 0 Å². The molecular formula is C7H3NS2-2. The number of nitriles is 1. The SMILES string of the molecule is N#Cc1ccc([S-])c([S-])c1. The molecule has 0 radical (unpaired) electrons. The molecule has 0 N–H and O–H groups in total. The van der Waals surface area contributed by atoms with Crippen molar-refractivity contribution in [1.29, 1.82) is 5.26 Å². The van der Waals surface area contributed by atoms with Gasteiger partial charge in [0.25, 0.3) is 0 Å². The lowest BCUT2D eigenvalue weighted by molar-refractivity contribution is 1.25. The second kappa shape index (κ2) is 2.82. The van der Waals surface area contributed by atoms with Gasteiger partial charge in [0.1, 0.15) is 0 Å². The number of benzene rings is 1. The summed E-state index contributed by atoms with van der Waals surface area (Å²) in [5.41, 5.74) is 0.568. The largest absolute Gasteiger partial charge is 0.781 e. The number of hydrogen-bond acceptors (Lipinski definition) is 3. The fraction of sp³-hybridized carbons (Fsp3) is 0. The highest BCUT2D eigenvalue weighted by Crippen LogP contribution is 2.09. The van der Waals surface area contributed by atoms with Crippen molar-refractivity contribution in [2.45, 2.75) is 9.79 Å². The highest BCUT2D eigenvalue weighted by Gasteiger charge is 1.83. The summed E-state index contributed by atoms with van der Waals surface area (Å²) in [7, 11) is 0. The summed E-state index contributed by atoms with van der Waals surface area (Å²) in [5, 5.41) is 8.42. The van der Waals surface area contributed by atoms with Crippen molar-refractivity contribution in [3.8, 4) is 6.07 Å². The average molecular weight is 165 g/mol. The third kappa shape index (κ3) is 1.35. The van der Waals surface area contributed by atoms with Crippen molar-refractivity contribution in [1.82, 2.24) is 0 Å². The van der Waals surface area contributed by atoms with Gasteiger partial charge < -0.3 is 25.3 Å². The Balaban J connectivity index is 3.20. The van der Waals surface area contributed by atoms with Crippen molar-refractivity contribution in [3.05, 3.63) is 23.8 Å². The molecule has 10 heavy (non-hydrogen) atoms. The Morgan fingerprint density at radius 3 is 2.40 bits per heavy atom. The van der Waals surface area contributed by atoms with E-state index in [1.54, 1.807) is 18.2 Å². The fourth-order valence-electron chi connectivity index (χ4n) is 0.578.